The van der Waals surface area contributed by atoms with E-state index in [2.05, 4.69) is 0 Å². The number of imide groups is 1. The fraction of sp³-hybridized carbons (Fsp3) is 0.103. The van der Waals surface area contributed by atoms with Gasteiger partial charge in [-0.3, -0.25) is 14.4 Å². The number of carbonyl (C=O) groups is 2. The maximum atomic E-state index is 13.7. The lowest BCUT2D eigenvalue weighted by atomic mass is 9.90. The second kappa shape index (κ2) is 9.85. The first-order valence-electron chi connectivity index (χ1n) is 12.1. The predicted molar refractivity (Wildman–Crippen MR) is 145 cm³/mol. The number of amides is 2. The molecule has 0 unspecified atom stereocenters. The molecule has 0 radical (unpaired) electrons. The molecule has 196 valence electrons. The van der Waals surface area contributed by atoms with Gasteiger partial charge in [0.25, 0.3) is 5.91 Å². The normalized spacial score (nSPS) is 20.8. The van der Waals surface area contributed by atoms with Crippen molar-refractivity contribution in [2.75, 3.05) is 9.96 Å². The Hall–Kier alpha value is -4.18. The summed E-state index contributed by atoms with van der Waals surface area (Å²) in [5.74, 6) is -1.60. The highest BCUT2D eigenvalue weighted by Crippen LogP contribution is 2.47. The van der Waals surface area contributed by atoms with Gasteiger partial charge in [-0.2, -0.15) is 8.42 Å². The molecule has 0 aromatic heterocycles. The zero-order valence-electron chi connectivity index (χ0n) is 20.3. The number of hydroxylamine groups is 1. The highest BCUT2D eigenvalue weighted by Gasteiger charge is 2.60. The maximum Gasteiger partial charge on any atom is 0.339 e. The molecule has 2 heterocycles. The summed E-state index contributed by atoms with van der Waals surface area (Å²) < 4.78 is 30.6. The van der Waals surface area contributed by atoms with Crippen LogP contribution in [0.25, 0.3) is 0 Å². The lowest BCUT2D eigenvalue weighted by Crippen LogP contribution is -2.37. The zero-order valence-corrected chi connectivity index (χ0v) is 21.8. The van der Waals surface area contributed by atoms with Crippen molar-refractivity contribution in [2.24, 2.45) is 5.92 Å². The van der Waals surface area contributed by atoms with Crippen LogP contribution in [0.2, 0.25) is 5.02 Å². The number of para-hydroxylation sites is 1. The summed E-state index contributed by atoms with van der Waals surface area (Å²) in [4.78, 5) is 34.4. The number of halogens is 1. The minimum absolute atomic E-state index is 0.0359. The van der Waals surface area contributed by atoms with Crippen molar-refractivity contribution in [1.82, 2.24) is 0 Å². The largest absolute Gasteiger partial charge is 0.379 e. The van der Waals surface area contributed by atoms with E-state index < -0.39 is 40.0 Å². The molecule has 2 fully saturated rings. The number of carbonyl (C=O) groups excluding carboxylic acids is 2. The van der Waals surface area contributed by atoms with Crippen molar-refractivity contribution in [3.8, 4) is 5.75 Å². The van der Waals surface area contributed by atoms with Gasteiger partial charge in [-0.25, -0.2) is 9.96 Å². The lowest BCUT2D eigenvalue weighted by Gasteiger charge is -2.28. The van der Waals surface area contributed by atoms with Crippen LogP contribution in [0, 0.1) is 5.92 Å². The summed E-state index contributed by atoms with van der Waals surface area (Å²) in [6.07, 6.45) is -1.03. The fourth-order valence-electron chi connectivity index (χ4n) is 4.88. The third-order valence-corrected chi connectivity index (χ3v) is 8.18. The van der Waals surface area contributed by atoms with Gasteiger partial charge in [0.05, 0.1) is 17.4 Å². The number of fused-ring (bicyclic) bond motifs is 1. The number of rotatable bonds is 6. The SMILES string of the molecule is O=C1[C@@H]2[C@@H](ON(c3ccccc3)[C@H]2c2ccc(OS(=O)(=O)c3ccccc3)cc2)C(=O)N1c1ccc(Cl)cc1. The molecule has 2 saturated heterocycles. The van der Waals surface area contributed by atoms with Crippen LogP contribution in [0.15, 0.2) is 114 Å². The average molecular weight is 561 g/mol. The third kappa shape index (κ3) is 4.54. The molecule has 2 amide bonds. The van der Waals surface area contributed by atoms with Gasteiger partial charge in [0.2, 0.25) is 5.91 Å². The Bertz CT molecular complexity index is 1630. The van der Waals surface area contributed by atoms with Crippen LogP contribution in [0.1, 0.15) is 11.6 Å². The Kier molecular flexibility index (Phi) is 6.34. The van der Waals surface area contributed by atoms with Gasteiger partial charge in [-0.1, -0.05) is 60.1 Å². The van der Waals surface area contributed by atoms with Crippen LogP contribution in [0.3, 0.4) is 0 Å². The highest BCUT2D eigenvalue weighted by atomic mass is 35.5. The van der Waals surface area contributed by atoms with Crippen molar-refractivity contribution < 1.29 is 27.0 Å². The molecule has 10 heteroatoms. The number of anilines is 2. The van der Waals surface area contributed by atoms with Gasteiger partial charge in [0.1, 0.15) is 16.6 Å². The molecule has 4 aromatic rings. The first kappa shape index (κ1) is 25.1. The monoisotopic (exact) mass is 560 g/mol. The predicted octanol–water partition coefficient (Wildman–Crippen LogP) is 5.16. The molecule has 39 heavy (non-hydrogen) atoms. The van der Waals surface area contributed by atoms with Crippen molar-refractivity contribution >= 4 is 44.9 Å². The first-order valence-corrected chi connectivity index (χ1v) is 13.9. The topological polar surface area (TPSA) is 93.2 Å². The number of hydrogen-bond donors (Lipinski definition) is 0. The van der Waals surface area contributed by atoms with Crippen molar-refractivity contribution in [3.63, 3.8) is 0 Å². The number of nitrogens with zero attached hydrogens (tertiary/aromatic N) is 2. The quantitative estimate of drug-likeness (QED) is 0.237. The Morgan fingerprint density at radius 2 is 1.33 bits per heavy atom. The van der Waals surface area contributed by atoms with E-state index in [0.29, 0.717) is 22.0 Å². The van der Waals surface area contributed by atoms with Gasteiger partial charge in [0, 0.05) is 5.02 Å². The maximum absolute atomic E-state index is 13.7. The van der Waals surface area contributed by atoms with E-state index in [4.69, 9.17) is 20.6 Å². The van der Waals surface area contributed by atoms with Gasteiger partial charge < -0.3 is 4.18 Å². The lowest BCUT2D eigenvalue weighted by molar-refractivity contribution is -0.126. The van der Waals surface area contributed by atoms with Crippen molar-refractivity contribution in [1.29, 1.82) is 0 Å². The highest BCUT2D eigenvalue weighted by molar-refractivity contribution is 7.87. The minimum Gasteiger partial charge on any atom is -0.379 e. The molecule has 0 aliphatic carbocycles. The van der Waals surface area contributed by atoms with Crippen LogP contribution in [-0.4, -0.2) is 26.3 Å². The summed E-state index contributed by atoms with van der Waals surface area (Å²) in [7, 11) is -4.02. The van der Waals surface area contributed by atoms with E-state index in [-0.39, 0.29) is 10.6 Å². The second-order valence-corrected chi connectivity index (χ2v) is 11.0. The van der Waals surface area contributed by atoms with Crippen molar-refractivity contribution in [2.45, 2.75) is 17.0 Å². The second-order valence-electron chi connectivity index (χ2n) is 9.07. The minimum atomic E-state index is -4.02. The molecule has 4 aromatic carbocycles. The molecule has 6 rings (SSSR count). The molecule has 0 saturated carbocycles. The molecule has 2 aliphatic heterocycles. The van der Waals surface area contributed by atoms with Gasteiger partial charge in [0.15, 0.2) is 6.10 Å². The summed E-state index contributed by atoms with van der Waals surface area (Å²) in [5.41, 5.74) is 1.73. The Balaban J connectivity index is 1.34. The Morgan fingerprint density at radius 1 is 0.718 bits per heavy atom. The summed E-state index contributed by atoms with van der Waals surface area (Å²) >= 11 is 6.00. The molecule has 3 atom stereocenters. The standard InChI is InChI=1S/C29H21ClN2O6S/c30-20-13-15-21(16-14-20)31-28(33)25-26(32(37-27(25)29(31)34)22-7-3-1-4-8-22)19-11-17-23(18-12-19)38-39(35,36)24-9-5-2-6-10-24/h1-18,25-27H/t25-,26-,27+/m0/s1. The van der Waals surface area contributed by atoms with Crippen LogP contribution in [0.5, 0.6) is 5.75 Å². The molecular formula is C29H21ClN2O6S. The van der Waals surface area contributed by atoms with Gasteiger partial charge in [-0.15, -0.1) is 0 Å². The summed E-state index contributed by atoms with van der Waals surface area (Å²) in [5, 5.41) is 2.06. The van der Waals surface area contributed by atoms with E-state index in [1.165, 1.54) is 24.3 Å². The number of hydrogen-bond acceptors (Lipinski definition) is 7. The zero-order chi connectivity index (χ0) is 27.1. The van der Waals surface area contributed by atoms with E-state index in [0.717, 1.165) is 4.90 Å². The van der Waals surface area contributed by atoms with Crippen LogP contribution < -0.4 is 14.1 Å². The summed E-state index contributed by atoms with van der Waals surface area (Å²) in [6, 6.07) is 29.2. The van der Waals surface area contributed by atoms with E-state index in [9.17, 15) is 18.0 Å². The molecule has 0 bridgehead atoms. The fourth-order valence-corrected chi connectivity index (χ4v) is 5.96. The Morgan fingerprint density at radius 3 is 1.97 bits per heavy atom. The smallest absolute Gasteiger partial charge is 0.339 e. The molecule has 0 spiro atoms. The van der Waals surface area contributed by atoms with Crippen LogP contribution in [0.4, 0.5) is 11.4 Å². The molecule has 0 N–H and O–H groups in total. The van der Waals surface area contributed by atoms with E-state index in [1.54, 1.807) is 59.7 Å². The van der Waals surface area contributed by atoms with Crippen LogP contribution in [-0.2, 0) is 24.5 Å². The van der Waals surface area contributed by atoms with Crippen molar-refractivity contribution in [3.05, 3.63) is 120 Å². The first-order chi connectivity index (χ1) is 18.8. The molecule has 8 nitrogen and oxygen atoms in total. The molecular weight excluding hydrogens is 540 g/mol. The van der Waals surface area contributed by atoms with Crippen LogP contribution >= 0.6 is 11.6 Å². The van der Waals surface area contributed by atoms with Gasteiger partial charge >= 0.3 is 10.1 Å². The Labute approximate surface area is 230 Å². The van der Waals surface area contributed by atoms with E-state index in [1.807, 2.05) is 30.3 Å². The number of benzene rings is 4. The molecule has 2 aliphatic rings. The van der Waals surface area contributed by atoms with Gasteiger partial charge in [-0.05, 0) is 66.2 Å². The van der Waals surface area contributed by atoms with E-state index >= 15 is 0 Å². The summed E-state index contributed by atoms with van der Waals surface area (Å²) in [6.45, 7) is 0. The average Bonchev–Trinajstić information content (AvgIpc) is 3.46. The third-order valence-electron chi connectivity index (χ3n) is 6.67.